The van der Waals surface area contributed by atoms with Gasteiger partial charge in [0.1, 0.15) is 6.04 Å². The molecule has 4 rings (SSSR count). The van der Waals surface area contributed by atoms with Gasteiger partial charge in [-0.15, -0.1) is 11.3 Å². The van der Waals surface area contributed by atoms with Gasteiger partial charge in [0.25, 0.3) is 5.91 Å². The Morgan fingerprint density at radius 1 is 1.12 bits per heavy atom. The number of rotatable bonds is 7. The molecule has 2 aromatic carbocycles. The third-order valence-corrected chi connectivity index (χ3v) is 6.97. The van der Waals surface area contributed by atoms with Crippen molar-refractivity contribution in [3.63, 3.8) is 0 Å². The Kier molecular flexibility index (Phi) is 7.42. The Labute approximate surface area is 203 Å². The molecule has 6 nitrogen and oxygen atoms in total. The number of nitrogens with zero attached hydrogens (tertiary/aromatic N) is 2. The molecule has 3 aromatic rings. The van der Waals surface area contributed by atoms with Gasteiger partial charge in [-0.05, 0) is 23.6 Å². The van der Waals surface area contributed by atoms with Gasteiger partial charge in [0.2, 0.25) is 5.91 Å². The Morgan fingerprint density at radius 2 is 1.85 bits per heavy atom. The molecule has 2 N–H and O–H groups in total. The molecule has 1 aromatic heterocycles. The second-order valence-corrected chi connectivity index (χ2v) is 9.99. The van der Waals surface area contributed by atoms with Crippen LogP contribution >= 0.6 is 22.9 Å². The number of carbonyl (C=O) groups excluding carboxylic acids is 2. The molecule has 33 heavy (non-hydrogen) atoms. The van der Waals surface area contributed by atoms with Crippen LogP contribution in [0, 0.1) is 5.92 Å². The molecule has 1 aliphatic rings. The van der Waals surface area contributed by atoms with E-state index in [1.165, 1.54) is 21.8 Å². The number of halogens is 1. The Bertz CT molecular complexity index is 1130. The van der Waals surface area contributed by atoms with E-state index in [0.29, 0.717) is 15.7 Å². The summed E-state index contributed by atoms with van der Waals surface area (Å²) in [7, 11) is 0. The van der Waals surface area contributed by atoms with Gasteiger partial charge in [0.15, 0.2) is 5.13 Å². The van der Waals surface area contributed by atoms with Crippen molar-refractivity contribution in [1.29, 1.82) is 0 Å². The number of benzene rings is 2. The van der Waals surface area contributed by atoms with Crippen LogP contribution in [0.1, 0.15) is 40.3 Å². The van der Waals surface area contributed by atoms with E-state index in [4.69, 9.17) is 11.6 Å². The standard InChI is InChI=1S/C25H27ClN4O2S/c1-16(2)22(28-23(31)18-10-6-7-11-19(18)26)24(32)29-25-27-20-12-13-30(15-21(20)33-25)14-17-8-4-3-5-9-17/h3-11,16,22H,12-15H2,1-2H3,(H,28,31)(H,27,29,32)/t22-/m1/s1. The molecule has 2 amide bonds. The molecule has 0 fully saturated rings. The summed E-state index contributed by atoms with van der Waals surface area (Å²) < 4.78 is 0. The molecule has 0 saturated heterocycles. The van der Waals surface area contributed by atoms with Crippen molar-refractivity contribution in [2.75, 3.05) is 11.9 Å². The highest BCUT2D eigenvalue weighted by Crippen LogP contribution is 2.29. The molecule has 1 aliphatic heterocycles. The van der Waals surface area contributed by atoms with Gasteiger partial charge in [-0.2, -0.15) is 0 Å². The average Bonchev–Trinajstić information content (AvgIpc) is 3.19. The lowest BCUT2D eigenvalue weighted by atomic mass is 10.0. The summed E-state index contributed by atoms with van der Waals surface area (Å²) in [6, 6.07) is 16.5. The van der Waals surface area contributed by atoms with E-state index in [0.717, 1.165) is 31.7 Å². The van der Waals surface area contributed by atoms with Crippen molar-refractivity contribution in [2.45, 2.75) is 39.4 Å². The van der Waals surface area contributed by atoms with Crippen LogP contribution < -0.4 is 10.6 Å². The van der Waals surface area contributed by atoms with Crippen LogP contribution in [0.3, 0.4) is 0 Å². The molecular weight excluding hydrogens is 456 g/mol. The number of amides is 2. The monoisotopic (exact) mass is 482 g/mol. The number of hydrogen-bond acceptors (Lipinski definition) is 5. The van der Waals surface area contributed by atoms with Gasteiger partial charge in [0.05, 0.1) is 16.3 Å². The average molecular weight is 483 g/mol. The highest BCUT2D eigenvalue weighted by atomic mass is 35.5. The topological polar surface area (TPSA) is 74.3 Å². The second kappa shape index (κ2) is 10.5. The first-order valence-corrected chi connectivity index (χ1v) is 12.2. The number of aromatic nitrogens is 1. The Balaban J connectivity index is 1.40. The van der Waals surface area contributed by atoms with E-state index in [2.05, 4.69) is 44.8 Å². The normalized spacial score (nSPS) is 14.5. The van der Waals surface area contributed by atoms with Crippen molar-refractivity contribution < 1.29 is 9.59 Å². The molecular formula is C25H27ClN4O2S. The van der Waals surface area contributed by atoms with Gasteiger partial charge in [0, 0.05) is 30.9 Å². The molecule has 0 spiro atoms. The van der Waals surface area contributed by atoms with Crippen molar-refractivity contribution >= 4 is 39.9 Å². The molecule has 2 heterocycles. The van der Waals surface area contributed by atoms with E-state index < -0.39 is 6.04 Å². The van der Waals surface area contributed by atoms with Gasteiger partial charge in [-0.1, -0.05) is 67.9 Å². The minimum atomic E-state index is -0.704. The maximum atomic E-state index is 13.0. The maximum Gasteiger partial charge on any atom is 0.253 e. The van der Waals surface area contributed by atoms with Gasteiger partial charge in [-0.25, -0.2) is 4.98 Å². The lowest BCUT2D eigenvalue weighted by Gasteiger charge is -2.25. The van der Waals surface area contributed by atoms with Crippen molar-refractivity contribution in [1.82, 2.24) is 15.2 Å². The third kappa shape index (κ3) is 5.79. The number of anilines is 1. The van der Waals surface area contributed by atoms with Gasteiger partial charge >= 0.3 is 0 Å². The van der Waals surface area contributed by atoms with E-state index >= 15 is 0 Å². The third-order valence-electron chi connectivity index (χ3n) is 5.64. The number of carbonyl (C=O) groups is 2. The van der Waals surface area contributed by atoms with E-state index in [9.17, 15) is 9.59 Å². The van der Waals surface area contributed by atoms with E-state index in [-0.39, 0.29) is 17.7 Å². The van der Waals surface area contributed by atoms with Crippen LogP contribution in [0.25, 0.3) is 0 Å². The van der Waals surface area contributed by atoms with Crippen LogP contribution in [0.15, 0.2) is 54.6 Å². The molecule has 0 radical (unpaired) electrons. The van der Waals surface area contributed by atoms with Crippen LogP contribution in [0.4, 0.5) is 5.13 Å². The van der Waals surface area contributed by atoms with Crippen molar-refractivity contribution in [3.05, 3.63) is 81.3 Å². The fourth-order valence-electron chi connectivity index (χ4n) is 3.86. The lowest BCUT2D eigenvalue weighted by molar-refractivity contribution is -0.118. The minimum Gasteiger partial charge on any atom is -0.340 e. The summed E-state index contributed by atoms with van der Waals surface area (Å²) in [4.78, 5) is 33.9. The number of nitrogens with one attached hydrogen (secondary N) is 2. The Morgan fingerprint density at radius 3 is 2.58 bits per heavy atom. The fraction of sp³-hybridized carbons (Fsp3) is 0.320. The first kappa shape index (κ1) is 23.4. The maximum absolute atomic E-state index is 13.0. The number of hydrogen-bond donors (Lipinski definition) is 2. The number of fused-ring (bicyclic) bond motifs is 1. The zero-order valence-corrected chi connectivity index (χ0v) is 20.2. The molecule has 8 heteroatoms. The van der Waals surface area contributed by atoms with Crippen LogP contribution in [-0.2, 0) is 24.3 Å². The molecule has 0 bridgehead atoms. The smallest absolute Gasteiger partial charge is 0.253 e. The van der Waals surface area contributed by atoms with Gasteiger partial charge in [-0.3, -0.25) is 14.5 Å². The summed E-state index contributed by atoms with van der Waals surface area (Å²) in [6.07, 6.45) is 0.853. The van der Waals surface area contributed by atoms with Crippen molar-refractivity contribution in [3.8, 4) is 0 Å². The predicted octanol–water partition coefficient (Wildman–Crippen LogP) is 4.75. The van der Waals surface area contributed by atoms with Gasteiger partial charge < -0.3 is 10.6 Å². The van der Waals surface area contributed by atoms with Crippen LogP contribution in [0.5, 0.6) is 0 Å². The summed E-state index contributed by atoms with van der Waals surface area (Å²) in [6.45, 7) is 6.43. The zero-order chi connectivity index (χ0) is 23.4. The minimum absolute atomic E-state index is 0.104. The predicted molar refractivity (Wildman–Crippen MR) is 133 cm³/mol. The lowest BCUT2D eigenvalue weighted by Crippen LogP contribution is -2.47. The SMILES string of the molecule is CC(C)[C@@H](NC(=O)c1ccccc1Cl)C(=O)Nc1nc2c(s1)CN(Cc1ccccc1)CC2. The van der Waals surface area contributed by atoms with Crippen molar-refractivity contribution in [2.24, 2.45) is 5.92 Å². The largest absolute Gasteiger partial charge is 0.340 e. The quantitative estimate of drug-likeness (QED) is 0.509. The van der Waals surface area contributed by atoms with Crippen LogP contribution in [0.2, 0.25) is 5.02 Å². The van der Waals surface area contributed by atoms with Crippen LogP contribution in [-0.4, -0.2) is 34.3 Å². The van der Waals surface area contributed by atoms with E-state index in [1.54, 1.807) is 24.3 Å². The zero-order valence-electron chi connectivity index (χ0n) is 18.7. The summed E-state index contributed by atoms with van der Waals surface area (Å²) in [5.41, 5.74) is 2.68. The second-order valence-electron chi connectivity index (χ2n) is 8.50. The summed E-state index contributed by atoms with van der Waals surface area (Å²) in [5, 5.41) is 6.67. The molecule has 0 unspecified atom stereocenters. The first-order valence-electron chi connectivity index (χ1n) is 11.0. The fourth-order valence-corrected chi connectivity index (χ4v) is 5.14. The summed E-state index contributed by atoms with van der Waals surface area (Å²) >= 11 is 7.64. The summed E-state index contributed by atoms with van der Waals surface area (Å²) in [5.74, 6) is -0.755. The molecule has 1 atom stereocenters. The highest BCUT2D eigenvalue weighted by Gasteiger charge is 2.27. The molecule has 0 aliphatic carbocycles. The first-order chi connectivity index (χ1) is 15.9. The molecule has 0 saturated carbocycles. The van der Waals surface area contributed by atoms with E-state index in [1.807, 2.05) is 19.9 Å². The highest BCUT2D eigenvalue weighted by molar-refractivity contribution is 7.15. The molecule has 172 valence electrons. The Hall–Kier alpha value is -2.74. The number of thiazole rings is 1.